The summed E-state index contributed by atoms with van der Waals surface area (Å²) in [5.74, 6) is -4.45. The first-order chi connectivity index (χ1) is 5.95. The van der Waals surface area contributed by atoms with Crippen LogP contribution in [0.2, 0.25) is 5.02 Å². The second-order valence-electron chi connectivity index (χ2n) is 2.26. The Labute approximate surface area is 76.7 Å². The van der Waals surface area contributed by atoms with E-state index in [1.54, 1.807) is 0 Å². The molecular formula is C6H3BClF3O2. The molecule has 0 aromatic heterocycles. The van der Waals surface area contributed by atoms with Crippen LogP contribution in [0, 0.1) is 17.5 Å². The van der Waals surface area contributed by atoms with Gasteiger partial charge in [0.05, 0.1) is 0 Å². The lowest BCUT2D eigenvalue weighted by Crippen LogP contribution is -2.34. The largest absolute Gasteiger partial charge is 0.491 e. The van der Waals surface area contributed by atoms with Crippen LogP contribution in [-0.4, -0.2) is 17.2 Å². The van der Waals surface area contributed by atoms with E-state index in [9.17, 15) is 13.2 Å². The molecule has 0 aliphatic heterocycles. The average molecular weight is 210 g/mol. The Balaban J connectivity index is 3.41. The molecule has 0 bridgehead atoms. The van der Waals surface area contributed by atoms with Crippen molar-refractivity contribution < 1.29 is 23.2 Å². The lowest BCUT2D eigenvalue weighted by molar-refractivity contribution is 0.418. The monoisotopic (exact) mass is 210 g/mol. The number of benzene rings is 1. The van der Waals surface area contributed by atoms with Gasteiger partial charge in [-0.2, -0.15) is 0 Å². The normalized spacial score (nSPS) is 10.3. The fraction of sp³-hybridized carbons (Fsp3) is 0. The molecule has 7 heteroatoms. The molecule has 0 heterocycles. The van der Waals surface area contributed by atoms with Gasteiger partial charge >= 0.3 is 7.12 Å². The summed E-state index contributed by atoms with van der Waals surface area (Å²) in [6, 6.07) is 0.422. The van der Waals surface area contributed by atoms with Crippen LogP contribution in [0.15, 0.2) is 6.07 Å². The highest BCUT2D eigenvalue weighted by molar-refractivity contribution is 6.58. The molecule has 1 aromatic rings. The average Bonchev–Trinajstić information content (AvgIpc) is 2.07. The molecule has 2 nitrogen and oxygen atoms in total. The quantitative estimate of drug-likeness (QED) is 0.401. The molecule has 0 unspecified atom stereocenters. The van der Waals surface area contributed by atoms with Crippen LogP contribution >= 0.6 is 11.6 Å². The van der Waals surface area contributed by atoms with E-state index in [4.69, 9.17) is 21.6 Å². The molecule has 0 atom stereocenters. The minimum Gasteiger partial charge on any atom is -0.423 e. The van der Waals surface area contributed by atoms with E-state index in [1.807, 2.05) is 0 Å². The van der Waals surface area contributed by atoms with Crippen LogP contribution in [0.1, 0.15) is 0 Å². The van der Waals surface area contributed by atoms with Gasteiger partial charge in [-0.15, -0.1) is 0 Å². The summed E-state index contributed by atoms with van der Waals surface area (Å²) in [7, 11) is -2.28. The Morgan fingerprint density at radius 1 is 1.15 bits per heavy atom. The maximum absolute atomic E-state index is 12.7. The number of rotatable bonds is 1. The van der Waals surface area contributed by atoms with Crippen LogP contribution < -0.4 is 5.46 Å². The number of halogens is 4. The summed E-state index contributed by atoms with van der Waals surface area (Å²) in [6.07, 6.45) is 0. The van der Waals surface area contributed by atoms with Gasteiger partial charge in [0.25, 0.3) is 0 Å². The van der Waals surface area contributed by atoms with Gasteiger partial charge in [-0.3, -0.25) is 0 Å². The molecule has 0 aliphatic carbocycles. The maximum atomic E-state index is 12.7. The molecule has 1 rings (SSSR count). The molecule has 13 heavy (non-hydrogen) atoms. The Morgan fingerprint density at radius 3 is 2.15 bits per heavy atom. The third-order valence-corrected chi connectivity index (χ3v) is 1.76. The molecule has 0 fully saturated rings. The van der Waals surface area contributed by atoms with E-state index in [-0.39, 0.29) is 0 Å². The molecule has 2 N–H and O–H groups in total. The van der Waals surface area contributed by atoms with Gasteiger partial charge < -0.3 is 10.0 Å². The van der Waals surface area contributed by atoms with Gasteiger partial charge in [0.2, 0.25) is 0 Å². The van der Waals surface area contributed by atoms with E-state index in [0.29, 0.717) is 6.07 Å². The summed E-state index contributed by atoms with van der Waals surface area (Å²) in [6.45, 7) is 0. The van der Waals surface area contributed by atoms with E-state index >= 15 is 0 Å². The lowest BCUT2D eigenvalue weighted by Gasteiger charge is -2.04. The minimum absolute atomic E-state index is 0.422. The fourth-order valence-electron chi connectivity index (χ4n) is 0.779. The van der Waals surface area contributed by atoms with Crippen molar-refractivity contribution in [3.05, 3.63) is 28.5 Å². The first-order valence-corrected chi connectivity index (χ1v) is 3.52. The SMILES string of the molecule is OB(O)c1cc(F)c(Cl)c(F)c1F. The Bertz CT molecular complexity index is 345. The van der Waals surface area contributed by atoms with Crippen molar-refractivity contribution in [3.8, 4) is 0 Å². The van der Waals surface area contributed by atoms with Crippen LogP contribution in [-0.2, 0) is 0 Å². The van der Waals surface area contributed by atoms with E-state index < -0.39 is 35.1 Å². The third kappa shape index (κ3) is 1.79. The predicted molar refractivity (Wildman–Crippen MR) is 41.2 cm³/mol. The highest BCUT2D eigenvalue weighted by atomic mass is 35.5. The second kappa shape index (κ2) is 3.57. The highest BCUT2D eigenvalue weighted by Crippen LogP contribution is 2.19. The van der Waals surface area contributed by atoms with Crippen molar-refractivity contribution in [2.24, 2.45) is 0 Å². The van der Waals surface area contributed by atoms with Crippen molar-refractivity contribution in [2.75, 3.05) is 0 Å². The predicted octanol–water partition coefficient (Wildman–Crippen LogP) is 0.437. The number of hydrogen-bond acceptors (Lipinski definition) is 2. The Morgan fingerprint density at radius 2 is 1.69 bits per heavy atom. The van der Waals surface area contributed by atoms with Gasteiger partial charge in [0.1, 0.15) is 10.8 Å². The molecule has 1 aromatic carbocycles. The molecule has 70 valence electrons. The maximum Gasteiger partial charge on any atom is 0.491 e. The third-order valence-electron chi connectivity index (χ3n) is 1.41. The van der Waals surface area contributed by atoms with Gasteiger partial charge in [0.15, 0.2) is 11.6 Å². The fourth-order valence-corrected chi connectivity index (χ4v) is 0.917. The van der Waals surface area contributed by atoms with Crippen molar-refractivity contribution in [2.45, 2.75) is 0 Å². The van der Waals surface area contributed by atoms with Crippen molar-refractivity contribution in [3.63, 3.8) is 0 Å². The molecule has 0 amide bonds. The van der Waals surface area contributed by atoms with Gasteiger partial charge in [-0.05, 0) is 6.07 Å². The Kier molecular flexibility index (Phi) is 2.85. The first kappa shape index (κ1) is 10.4. The minimum atomic E-state index is -2.28. The molecule has 0 saturated heterocycles. The van der Waals surface area contributed by atoms with Crippen LogP contribution in [0.4, 0.5) is 13.2 Å². The molecule has 0 saturated carbocycles. The van der Waals surface area contributed by atoms with Crippen molar-refractivity contribution >= 4 is 24.2 Å². The summed E-state index contributed by atoms with van der Waals surface area (Å²) in [5, 5.41) is 16.0. The van der Waals surface area contributed by atoms with Gasteiger partial charge in [-0.25, -0.2) is 13.2 Å². The van der Waals surface area contributed by atoms with Crippen LogP contribution in [0.5, 0.6) is 0 Å². The number of hydrogen-bond donors (Lipinski definition) is 2. The second-order valence-corrected chi connectivity index (χ2v) is 2.64. The molecular weight excluding hydrogens is 207 g/mol. The van der Waals surface area contributed by atoms with Crippen LogP contribution in [0.25, 0.3) is 0 Å². The standard InChI is InChI=1S/C6H3BClF3O2/c8-4-3(9)1-2(7(12)13)5(10)6(4)11/h1,12-13H. The van der Waals surface area contributed by atoms with Crippen molar-refractivity contribution in [1.82, 2.24) is 0 Å². The van der Waals surface area contributed by atoms with Crippen molar-refractivity contribution in [1.29, 1.82) is 0 Å². The Hall–Kier alpha value is -0.715. The van der Waals surface area contributed by atoms with Gasteiger partial charge in [0, 0.05) is 5.46 Å². The summed E-state index contributed by atoms with van der Waals surface area (Å²) in [5.41, 5.74) is -0.889. The zero-order valence-corrected chi connectivity index (χ0v) is 6.82. The molecule has 0 spiro atoms. The summed E-state index contributed by atoms with van der Waals surface area (Å²) < 4.78 is 38.0. The topological polar surface area (TPSA) is 40.5 Å². The highest BCUT2D eigenvalue weighted by Gasteiger charge is 2.24. The van der Waals surface area contributed by atoms with Gasteiger partial charge in [-0.1, -0.05) is 11.6 Å². The van der Waals surface area contributed by atoms with Crippen LogP contribution in [0.3, 0.4) is 0 Å². The summed E-state index contributed by atoms with van der Waals surface area (Å²) in [4.78, 5) is 0. The summed E-state index contributed by atoms with van der Waals surface area (Å²) >= 11 is 5.01. The first-order valence-electron chi connectivity index (χ1n) is 3.14. The van der Waals surface area contributed by atoms with E-state index in [1.165, 1.54) is 0 Å². The lowest BCUT2D eigenvalue weighted by atomic mass is 9.80. The zero-order valence-electron chi connectivity index (χ0n) is 6.06. The van der Waals surface area contributed by atoms with E-state index in [0.717, 1.165) is 0 Å². The zero-order chi connectivity index (χ0) is 10.2. The van der Waals surface area contributed by atoms with E-state index in [2.05, 4.69) is 0 Å². The smallest absolute Gasteiger partial charge is 0.423 e. The molecule has 0 aliphatic rings. The molecule has 0 radical (unpaired) electrons.